The van der Waals surface area contributed by atoms with Crippen molar-refractivity contribution in [3.63, 3.8) is 0 Å². The molecule has 20 heavy (non-hydrogen) atoms. The van der Waals surface area contributed by atoms with Gasteiger partial charge in [0.1, 0.15) is 0 Å². The minimum atomic E-state index is -0.930. The van der Waals surface area contributed by atoms with Crippen molar-refractivity contribution in [1.29, 1.82) is 0 Å². The fraction of sp³-hybridized carbons (Fsp3) is 0.267. The number of carbonyl (C=O) groups is 3. The summed E-state index contributed by atoms with van der Waals surface area (Å²) in [5.74, 6) is -2.16. The number of aliphatic carboxylic acids is 1. The molecular weight excluding hydrogens is 258 g/mol. The summed E-state index contributed by atoms with van der Waals surface area (Å²) in [6, 6.07) is 6.57. The van der Waals surface area contributed by atoms with E-state index in [0.717, 1.165) is 5.56 Å². The van der Waals surface area contributed by atoms with Gasteiger partial charge in [-0.15, -0.1) is 0 Å². The normalized spacial score (nSPS) is 24.9. The molecule has 2 unspecified atom stereocenters. The Morgan fingerprint density at radius 1 is 1.20 bits per heavy atom. The second kappa shape index (κ2) is 4.59. The smallest absolute Gasteiger partial charge is 0.310 e. The van der Waals surface area contributed by atoms with Crippen LogP contribution >= 0.6 is 0 Å². The third-order valence-corrected chi connectivity index (χ3v) is 3.79. The van der Waals surface area contributed by atoms with Gasteiger partial charge in [0.05, 0.1) is 18.4 Å². The van der Waals surface area contributed by atoms with Crippen LogP contribution in [0.1, 0.15) is 22.3 Å². The van der Waals surface area contributed by atoms with Crippen molar-refractivity contribution in [2.24, 2.45) is 5.92 Å². The van der Waals surface area contributed by atoms with E-state index in [-0.39, 0.29) is 24.7 Å². The van der Waals surface area contributed by atoms with E-state index in [1.807, 2.05) is 0 Å². The Kier molecular flexibility index (Phi) is 2.89. The van der Waals surface area contributed by atoms with Crippen molar-refractivity contribution in [3.8, 4) is 0 Å². The van der Waals surface area contributed by atoms with Gasteiger partial charge in [0, 0.05) is 5.56 Å². The van der Waals surface area contributed by atoms with Crippen LogP contribution in [0.3, 0.4) is 0 Å². The summed E-state index contributed by atoms with van der Waals surface area (Å²) in [5.41, 5.74) is 1.26. The van der Waals surface area contributed by atoms with Crippen LogP contribution in [0, 0.1) is 5.92 Å². The first-order chi connectivity index (χ1) is 9.58. The highest BCUT2D eigenvalue weighted by Crippen LogP contribution is 2.28. The highest BCUT2D eigenvalue weighted by atomic mass is 16.4. The predicted octanol–water partition coefficient (Wildman–Crippen LogP) is 1.24. The molecule has 1 N–H and O–H groups in total. The van der Waals surface area contributed by atoms with E-state index in [9.17, 15) is 14.4 Å². The van der Waals surface area contributed by atoms with Crippen molar-refractivity contribution < 1.29 is 19.5 Å². The summed E-state index contributed by atoms with van der Waals surface area (Å²) in [6.45, 7) is 0. The van der Waals surface area contributed by atoms with E-state index >= 15 is 0 Å². The number of fused-ring (bicyclic) bond motifs is 1. The molecule has 2 amide bonds. The molecule has 0 spiro atoms. The molecule has 0 fully saturated rings. The highest BCUT2D eigenvalue weighted by Gasteiger charge is 2.38. The molecule has 5 nitrogen and oxygen atoms in total. The van der Waals surface area contributed by atoms with Crippen molar-refractivity contribution in [2.45, 2.75) is 18.9 Å². The van der Waals surface area contributed by atoms with Crippen molar-refractivity contribution in [3.05, 3.63) is 47.5 Å². The van der Waals surface area contributed by atoms with Gasteiger partial charge >= 0.3 is 5.97 Å². The van der Waals surface area contributed by atoms with Gasteiger partial charge in [-0.25, -0.2) is 0 Å². The van der Waals surface area contributed by atoms with E-state index in [4.69, 9.17) is 5.11 Å². The first-order valence-corrected chi connectivity index (χ1v) is 6.43. The Morgan fingerprint density at radius 2 is 1.95 bits per heavy atom. The zero-order chi connectivity index (χ0) is 14.3. The molecule has 1 aliphatic carbocycles. The van der Waals surface area contributed by atoms with Crippen LogP contribution < -0.4 is 0 Å². The maximum atomic E-state index is 12.4. The second-order valence-electron chi connectivity index (χ2n) is 5.04. The Morgan fingerprint density at radius 3 is 2.65 bits per heavy atom. The Bertz CT molecular complexity index is 635. The molecule has 102 valence electrons. The van der Waals surface area contributed by atoms with Gasteiger partial charge in [-0.05, 0) is 18.1 Å². The molecule has 2 atom stereocenters. The summed E-state index contributed by atoms with van der Waals surface area (Å²) in [6.07, 6.45) is 3.63. The molecule has 3 rings (SSSR count). The number of amides is 2. The van der Waals surface area contributed by atoms with E-state index < -0.39 is 17.9 Å². The number of carboxylic acid groups (broad SMARTS) is 1. The van der Waals surface area contributed by atoms with Gasteiger partial charge in [-0.1, -0.05) is 30.4 Å². The van der Waals surface area contributed by atoms with Gasteiger partial charge < -0.3 is 5.11 Å². The van der Waals surface area contributed by atoms with Crippen molar-refractivity contribution in [2.75, 3.05) is 0 Å². The average Bonchev–Trinajstić information content (AvgIpc) is 2.88. The third kappa shape index (κ3) is 1.91. The van der Waals surface area contributed by atoms with Gasteiger partial charge in [0.15, 0.2) is 0 Å². The number of benzene rings is 1. The lowest BCUT2D eigenvalue weighted by molar-refractivity contribution is -0.141. The molecule has 0 aromatic heterocycles. The van der Waals surface area contributed by atoms with Gasteiger partial charge in [-0.3, -0.25) is 19.3 Å². The molecule has 0 saturated heterocycles. The summed E-state index contributed by atoms with van der Waals surface area (Å²) in [5, 5.41) is 8.98. The van der Waals surface area contributed by atoms with E-state index in [2.05, 4.69) is 0 Å². The monoisotopic (exact) mass is 271 g/mol. The largest absolute Gasteiger partial charge is 0.481 e. The quantitative estimate of drug-likeness (QED) is 0.648. The maximum absolute atomic E-state index is 12.4. The van der Waals surface area contributed by atoms with Gasteiger partial charge in [-0.2, -0.15) is 0 Å². The Balaban J connectivity index is 1.89. The minimum absolute atomic E-state index is 0.185. The van der Waals surface area contributed by atoms with Crippen LogP contribution in [0.2, 0.25) is 0 Å². The minimum Gasteiger partial charge on any atom is -0.481 e. The van der Waals surface area contributed by atoms with Gasteiger partial charge in [0.25, 0.3) is 5.91 Å². The van der Waals surface area contributed by atoms with Crippen molar-refractivity contribution in [1.82, 2.24) is 4.90 Å². The van der Waals surface area contributed by atoms with Crippen LogP contribution in [0.4, 0.5) is 0 Å². The Labute approximate surface area is 115 Å². The molecular formula is C15H13NO4. The molecule has 2 aliphatic rings. The van der Waals surface area contributed by atoms with Crippen LogP contribution in [0.25, 0.3) is 0 Å². The summed E-state index contributed by atoms with van der Waals surface area (Å²) in [7, 11) is 0. The standard InChI is InChI=1S/C15H13NO4/c17-13-8-9-3-1-2-4-12(9)14(18)16(13)11-6-5-10(7-11)15(19)20/h1-6,10-11H,7-8H2,(H,19,20). The lowest BCUT2D eigenvalue weighted by atomic mass is 9.96. The number of imide groups is 1. The van der Waals surface area contributed by atoms with Crippen LogP contribution in [-0.2, 0) is 16.0 Å². The third-order valence-electron chi connectivity index (χ3n) is 3.79. The molecule has 0 radical (unpaired) electrons. The zero-order valence-electron chi connectivity index (χ0n) is 10.7. The first kappa shape index (κ1) is 12.6. The molecule has 1 aromatic carbocycles. The van der Waals surface area contributed by atoms with E-state index in [1.54, 1.807) is 36.4 Å². The SMILES string of the molecule is O=C(O)C1C=CC(N2C(=O)Cc3ccccc3C2=O)C1. The molecule has 1 aromatic rings. The van der Waals surface area contributed by atoms with E-state index in [0.29, 0.717) is 5.56 Å². The lowest BCUT2D eigenvalue weighted by Crippen LogP contribution is -2.47. The first-order valence-electron chi connectivity index (χ1n) is 6.43. The molecule has 1 heterocycles. The number of nitrogens with zero attached hydrogens (tertiary/aromatic N) is 1. The number of hydrogen-bond acceptors (Lipinski definition) is 3. The van der Waals surface area contributed by atoms with Crippen molar-refractivity contribution >= 4 is 17.8 Å². The highest BCUT2D eigenvalue weighted by molar-refractivity contribution is 6.10. The number of carboxylic acids is 1. The number of carbonyl (C=O) groups excluding carboxylic acids is 2. The topological polar surface area (TPSA) is 74.7 Å². The summed E-state index contributed by atoms with van der Waals surface area (Å²) >= 11 is 0. The van der Waals surface area contributed by atoms with Crippen LogP contribution in [0.5, 0.6) is 0 Å². The van der Waals surface area contributed by atoms with Gasteiger partial charge in [0.2, 0.25) is 5.91 Å². The molecule has 0 saturated carbocycles. The zero-order valence-corrected chi connectivity index (χ0v) is 10.7. The predicted molar refractivity (Wildman–Crippen MR) is 70.0 cm³/mol. The van der Waals surface area contributed by atoms with Crippen LogP contribution in [-0.4, -0.2) is 33.8 Å². The molecule has 0 bridgehead atoms. The fourth-order valence-corrected chi connectivity index (χ4v) is 2.76. The lowest BCUT2D eigenvalue weighted by Gasteiger charge is -2.31. The number of rotatable bonds is 2. The van der Waals surface area contributed by atoms with E-state index in [1.165, 1.54) is 4.90 Å². The fourth-order valence-electron chi connectivity index (χ4n) is 2.76. The molecule has 1 aliphatic heterocycles. The summed E-state index contributed by atoms with van der Waals surface area (Å²) in [4.78, 5) is 36.7. The van der Waals surface area contributed by atoms with Crippen LogP contribution in [0.15, 0.2) is 36.4 Å². The average molecular weight is 271 g/mol. The second-order valence-corrected chi connectivity index (χ2v) is 5.04. The Hall–Kier alpha value is -2.43. The maximum Gasteiger partial charge on any atom is 0.310 e. The number of hydrogen-bond donors (Lipinski definition) is 1. The molecule has 5 heteroatoms. The summed E-state index contributed by atoms with van der Waals surface area (Å²) < 4.78 is 0.